The van der Waals surface area contributed by atoms with Crippen LogP contribution in [0.5, 0.6) is 11.5 Å². The summed E-state index contributed by atoms with van der Waals surface area (Å²) in [4.78, 5) is 24.2. The van der Waals surface area contributed by atoms with Crippen molar-refractivity contribution in [3.05, 3.63) is 54.1 Å². The first-order valence-electron chi connectivity index (χ1n) is 8.38. The maximum absolute atomic E-state index is 12.2. The van der Waals surface area contributed by atoms with Crippen molar-refractivity contribution in [3.8, 4) is 11.5 Å². The Hall–Kier alpha value is -3.23. The molecule has 0 aliphatic carbocycles. The Morgan fingerprint density at radius 1 is 1.00 bits per heavy atom. The minimum Gasteiger partial charge on any atom is -0.493 e. The lowest BCUT2D eigenvalue weighted by molar-refractivity contribution is -0.153. The van der Waals surface area contributed by atoms with Gasteiger partial charge in [0.05, 0.1) is 18.7 Å². The molecule has 2 aromatic carbocycles. The molecule has 2 N–H and O–H groups in total. The van der Waals surface area contributed by atoms with Gasteiger partial charge in [0, 0.05) is 5.69 Å². The molecule has 0 bridgehead atoms. The number of amides is 2. The lowest BCUT2D eigenvalue weighted by atomic mass is 10.2. The van der Waals surface area contributed by atoms with Gasteiger partial charge in [-0.3, -0.25) is 9.59 Å². The average molecular weight is 396 g/mol. The van der Waals surface area contributed by atoms with Crippen molar-refractivity contribution in [3.63, 3.8) is 0 Å². The molecule has 0 unspecified atom stereocenters. The van der Waals surface area contributed by atoms with E-state index in [1.165, 1.54) is 24.3 Å². The zero-order valence-corrected chi connectivity index (χ0v) is 15.0. The van der Waals surface area contributed by atoms with Crippen molar-refractivity contribution in [2.75, 3.05) is 25.1 Å². The van der Waals surface area contributed by atoms with Gasteiger partial charge in [-0.1, -0.05) is 12.1 Å². The summed E-state index contributed by atoms with van der Waals surface area (Å²) < 4.78 is 46.3. The molecule has 0 atom stereocenters. The molecule has 2 amide bonds. The molecule has 0 heterocycles. The average Bonchev–Trinajstić information content (AvgIpc) is 2.66. The molecule has 0 aliphatic heterocycles. The summed E-state index contributed by atoms with van der Waals surface area (Å²) in [6, 6.07) is 12.1. The van der Waals surface area contributed by atoms with Crippen molar-refractivity contribution >= 4 is 17.5 Å². The number of carbonyl (C=O) groups is 2. The van der Waals surface area contributed by atoms with Gasteiger partial charge in [-0.2, -0.15) is 13.2 Å². The Labute approximate surface area is 159 Å². The molecule has 0 saturated carbocycles. The van der Waals surface area contributed by atoms with Crippen LogP contribution in [0.2, 0.25) is 0 Å². The van der Waals surface area contributed by atoms with Gasteiger partial charge in [0.15, 0.2) is 6.61 Å². The summed E-state index contributed by atoms with van der Waals surface area (Å²) in [5.41, 5.74) is 0.664. The number of benzene rings is 2. The largest absolute Gasteiger partial charge is 0.493 e. The van der Waals surface area contributed by atoms with Crippen molar-refractivity contribution in [1.82, 2.24) is 5.32 Å². The SMILES string of the molecule is CCOc1ccccc1C(=O)NCC(=O)Nc1ccc(OCC(F)(F)F)cc1. The molecule has 0 saturated heterocycles. The van der Waals surface area contributed by atoms with Crippen LogP contribution in [-0.4, -0.2) is 37.7 Å². The second-order valence-corrected chi connectivity index (χ2v) is 5.59. The number of alkyl halides is 3. The van der Waals surface area contributed by atoms with Crippen LogP contribution in [0.1, 0.15) is 17.3 Å². The van der Waals surface area contributed by atoms with Crippen LogP contribution in [0, 0.1) is 0 Å². The number of hydrogen-bond acceptors (Lipinski definition) is 4. The van der Waals surface area contributed by atoms with Crippen molar-refractivity contribution in [1.29, 1.82) is 0 Å². The molecule has 0 fully saturated rings. The molecule has 2 rings (SSSR count). The fourth-order valence-corrected chi connectivity index (χ4v) is 2.20. The third-order valence-electron chi connectivity index (χ3n) is 3.38. The molecule has 0 aromatic heterocycles. The van der Waals surface area contributed by atoms with Gasteiger partial charge >= 0.3 is 6.18 Å². The summed E-state index contributed by atoms with van der Waals surface area (Å²) in [7, 11) is 0. The van der Waals surface area contributed by atoms with Crippen LogP contribution in [0.3, 0.4) is 0 Å². The fraction of sp³-hybridized carbons (Fsp3) is 0.263. The second-order valence-electron chi connectivity index (χ2n) is 5.59. The molecular weight excluding hydrogens is 377 g/mol. The number of rotatable bonds is 8. The van der Waals surface area contributed by atoms with Crippen LogP contribution in [0.4, 0.5) is 18.9 Å². The van der Waals surface area contributed by atoms with E-state index in [1.807, 2.05) is 0 Å². The van der Waals surface area contributed by atoms with Gasteiger partial charge < -0.3 is 20.1 Å². The highest BCUT2D eigenvalue weighted by atomic mass is 19.4. The van der Waals surface area contributed by atoms with E-state index in [2.05, 4.69) is 15.4 Å². The van der Waals surface area contributed by atoms with Crippen LogP contribution >= 0.6 is 0 Å². The zero-order chi connectivity index (χ0) is 20.6. The van der Waals surface area contributed by atoms with Crippen LogP contribution in [-0.2, 0) is 4.79 Å². The number of nitrogens with one attached hydrogen (secondary N) is 2. The third kappa shape index (κ3) is 6.82. The summed E-state index contributed by atoms with van der Waals surface area (Å²) in [5, 5.41) is 5.01. The topological polar surface area (TPSA) is 76.7 Å². The van der Waals surface area contributed by atoms with E-state index in [9.17, 15) is 22.8 Å². The summed E-state index contributed by atoms with van der Waals surface area (Å²) >= 11 is 0. The van der Waals surface area contributed by atoms with E-state index in [4.69, 9.17) is 4.74 Å². The highest BCUT2D eigenvalue weighted by Crippen LogP contribution is 2.20. The first-order chi connectivity index (χ1) is 13.3. The predicted molar refractivity (Wildman–Crippen MR) is 96.6 cm³/mol. The highest BCUT2D eigenvalue weighted by molar-refractivity contribution is 6.00. The Balaban J connectivity index is 1.85. The number of carbonyl (C=O) groups excluding carboxylic acids is 2. The number of ether oxygens (including phenoxy) is 2. The van der Waals surface area contributed by atoms with Crippen molar-refractivity contribution < 1.29 is 32.2 Å². The molecule has 9 heteroatoms. The standard InChI is InChI=1S/C19H19F3N2O4/c1-2-27-16-6-4-3-5-15(16)18(26)23-11-17(25)24-13-7-9-14(10-8-13)28-12-19(20,21)22/h3-10H,2,11-12H2,1H3,(H,23,26)(H,24,25). The Kier molecular flexibility index (Phi) is 7.25. The third-order valence-corrected chi connectivity index (χ3v) is 3.38. The number of anilines is 1. The first kappa shape index (κ1) is 21.1. The molecular formula is C19H19F3N2O4. The number of hydrogen-bond donors (Lipinski definition) is 2. The predicted octanol–water partition coefficient (Wildman–Crippen LogP) is 3.39. The zero-order valence-electron chi connectivity index (χ0n) is 15.0. The van der Waals surface area contributed by atoms with E-state index < -0.39 is 24.6 Å². The van der Waals surface area contributed by atoms with Gasteiger partial charge in [0.1, 0.15) is 11.5 Å². The normalized spacial score (nSPS) is 10.9. The molecule has 6 nitrogen and oxygen atoms in total. The maximum Gasteiger partial charge on any atom is 0.422 e. The maximum atomic E-state index is 12.2. The van der Waals surface area contributed by atoms with Gasteiger partial charge in [0.25, 0.3) is 5.91 Å². The van der Waals surface area contributed by atoms with Crippen molar-refractivity contribution in [2.24, 2.45) is 0 Å². The summed E-state index contributed by atoms with van der Waals surface area (Å²) in [6.07, 6.45) is -4.42. The molecule has 28 heavy (non-hydrogen) atoms. The quantitative estimate of drug-likeness (QED) is 0.717. The summed E-state index contributed by atoms with van der Waals surface area (Å²) in [5.74, 6) is -0.519. The van der Waals surface area contributed by atoms with Crippen LogP contribution in [0.15, 0.2) is 48.5 Å². The lowest BCUT2D eigenvalue weighted by Crippen LogP contribution is -2.33. The van der Waals surface area contributed by atoms with Crippen molar-refractivity contribution in [2.45, 2.75) is 13.1 Å². The number of halogens is 3. The van der Waals surface area contributed by atoms with E-state index in [0.717, 1.165) is 0 Å². The van der Waals surface area contributed by atoms with Crippen LogP contribution < -0.4 is 20.1 Å². The minimum atomic E-state index is -4.42. The monoisotopic (exact) mass is 396 g/mol. The Morgan fingerprint density at radius 2 is 1.68 bits per heavy atom. The van der Waals surface area contributed by atoms with E-state index in [1.54, 1.807) is 31.2 Å². The first-order valence-corrected chi connectivity index (χ1v) is 8.38. The molecule has 0 radical (unpaired) electrons. The second kappa shape index (κ2) is 9.63. The smallest absolute Gasteiger partial charge is 0.422 e. The minimum absolute atomic E-state index is 0.0242. The van der Waals surface area contributed by atoms with Gasteiger partial charge in [-0.15, -0.1) is 0 Å². The van der Waals surface area contributed by atoms with Gasteiger partial charge in [0.2, 0.25) is 5.91 Å². The van der Waals surface area contributed by atoms with E-state index in [-0.39, 0.29) is 12.3 Å². The highest BCUT2D eigenvalue weighted by Gasteiger charge is 2.28. The Morgan fingerprint density at radius 3 is 2.32 bits per heavy atom. The summed E-state index contributed by atoms with van der Waals surface area (Å²) in [6.45, 7) is 0.509. The Bertz CT molecular complexity index is 808. The number of para-hydroxylation sites is 1. The molecule has 150 valence electrons. The van der Waals surface area contributed by atoms with E-state index >= 15 is 0 Å². The molecule has 0 spiro atoms. The fourth-order valence-electron chi connectivity index (χ4n) is 2.20. The van der Waals surface area contributed by atoms with E-state index in [0.29, 0.717) is 23.6 Å². The van der Waals surface area contributed by atoms with Gasteiger partial charge in [-0.05, 0) is 43.3 Å². The molecule has 2 aromatic rings. The van der Waals surface area contributed by atoms with Crippen LogP contribution in [0.25, 0.3) is 0 Å². The molecule has 0 aliphatic rings. The lowest BCUT2D eigenvalue weighted by Gasteiger charge is -2.11. The van der Waals surface area contributed by atoms with Gasteiger partial charge in [-0.25, -0.2) is 0 Å².